The zero-order valence-electron chi connectivity index (χ0n) is 15.7. The van der Waals surface area contributed by atoms with Crippen molar-refractivity contribution in [1.29, 1.82) is 0 Å². The third kappa shape index (κ3) is 3.92. The van der Waals surface area contributed by atoms with Crippen molar-refractivity contribution in [3.8, 4) is 0 Å². The fraction of sp³-hybridized carbons (Fsp3) is 0.208. The second kappa shape index (κ2) is 8.28. The van der Waals surface area contributed by atoms with E-state index in [4.69, 9.17) is 0 Å². The first-order valence-corrected chi connectivity index (χ1v) is 9.64. The smallest absolute Gasteiger partial charge is 0.335 e. The molecule has 0 radical (unpaired) electrons. The number of rotatable bonds is 5. The van der Waals surface area contributed by atoms with E-state index in [0.29, 0.717) is 5.56 Å². The molecule has 142 valence electrons. The molecule has 1 aliphatic heterocycles. The maximum Gasteiger partial charge on any atom is 0.335 e. The molecule has 1 saturated heterocycles. The van der Waals surface area contributed by atoms with E-state index >= 15 is 0 Å². The average Bonchev–Trinajstić information content (AvgIpc) is 2.76. The number of carboxylic acid groups (broad SMARTS) is 1. The van der Waals surface area contributed by atoms with Gasteiger partial charge in [0.15, 0.2) is 0 Å². The lowest BCUT2D eigenvalue weighted by Crippen LogP contribution is -2.48. The van der Waals surface area contributed by atoms with Crippen molar-refractivity contribution in [3.05, 3.63) is 102 Å². The number of carbonyl (C=O) groups is 1. The Balaban J connectivity index is 1.54. The van der Waals surface area contributed by atoms with E-state index in [9.17, 15) is 9.90 Å². The first kappa shape index (κ1) is 18.3. The summed E-state index contributed by atoms with van der Waals surface area (Å²) in [4.78, 5) is 16.1. The van der Waals surface area contributed by atoms with Gasteiger partial charge in [-0.1, -0.05) is 66.7 Å². The fourth-order valence-electron chi connectivity index (χ4n) is 3.96. The molecule has 0 aromatic heterocycles. The average molecular weight is 372 g/mol. The number of aromatic carboxylic acids is 1. The highest BCUT2D eigenvalue weighted by Crippen LogP contribution is 2.30. The summed E-state index contributed by atoms with van der Waals surface area (Å²) in [5.41, 5.74) is 3.92. The first-order chi connectivity index (χ1) is 13.7. The van der Waals surface area contributed by atoms with Crippen molar-refractivity contribution in [2.75, 3.05) is 31.1 Å². The van der Waals surface area contributed by atoms with Crippen LogP contribution in [-0.4, -0.2) is 42.2 Å². The maximum absolute atomic E-state index is 11.3. The van der Waals surface area contributed by atoms with Crippen molar-refractivity contribution in [2.45, 2.75) is 6.04 Å². The minimum atomic E-state index is -0.881. The molecule has 0 saturated carbocycles. The van der Waals surface area contributed by atoms with Crippen LogP contribution < -0.4 is 4.90 Å². The number of piperazine rings is 1. The lowest BCUT2D eigenvalue weighted by Gasteiger charge is -2.40. The van der Waals surface area contributed by atoms with E-state index < -0.39 is 5.97 Å². The largest absolute Gasteiger partial charge is 0.478 e. The Hall–Kier alpha value is -3.11. The first-order valence-electron chi connectivity index (χ1n) is 9.64. The van der Waals surface area contributed by atoms with E-state index in [1.165, 1.54) is 11.1 Å². The minimum Gasteiger partial charge on any atom is -0.478 e. The van der Waals surface area contributed by atoms with Crippen LogP contribution in [0.2, 0.25) is 0 Å². The number of hydrogen-bond acceptors (Lipinski definition) is 3. The quantitative estimate of drug-likeness (QED) is 0.725. The van der Waals surface area contributed by atoms with Gasteiger partial charge in [0.05, 0.1) is 11.6 Å². The maximum atomic E-state index is 11.3. The molecule has 1 aliphatic rings. The molecule has 0 spiro atoms. The molecular weight excluding hydrogens is 348 g/mol. The monoisotopic (exact) mass is 372 g/mol. The van der Waals surface area contributed by atoms with Gasteiger partial charge in [0.1, 0.15) is 0 Å². The number of hydrogen-bond donors (Lipinski definition) is 1. The number of benzene rings is 3. The molecule has 0 atom stereocenters. The summed E-state index contributed by atoms with van der Waals surface area (Å²) >= 11 is 0. The fourth-order valence-corrected chi connectivity index (χ4v) is 3.96. The summed E-state index contributed by atoms with van der Waals surface area (Å²) in [5.74, 6) is -0.881. The zero-order chi connectivity index (χ0) is 19.3. The Morgan fingerprint density at radius 3 is 1.86 bits per heavy atom. The van der Waals surface area contributed by atoms with Crippen LogP contribution in [0.1, 0.15) is 27.5 Å². The van der Waals surface area contributed by atoms with Gasteiger partial charge >= 0.3 is 5.97 Å². The molecule has 1 fully saturated rings. The van der Waals surface area contributed by atoms with E-state index in [0.717, 1.165) is 31.9 Å². The lowest BCUT2D eigenvalue weighted by atomic mass is 9.96. The van der Waals surface area contributed by atoms with Crippen LogP contribution in [0.3, 0.4) is 0 Å². The van der Waals surface area contributed by atoms with Crippen LogP contribution in [0.4, 0.5) is 5.69 Å². The normalized spacial score (nSPS) is 15.0. The third-order valence-corrected chi connectivity index (χ3v) is 5.37. The SMILES string of the molecule is O=C(O)c1cccc(N2CCN(C(c3ccccc3)c3ccccc3)CC2)c1. The summed E-state index contributed by atoms with van der Waals surface area (Å²) in [6, 6.07) is 28.7. The lowest BCUT2D eigenvalue weighted by molar-refractivity contribution is 0.0697. The summed E-state index contributed by atoms with van der Waals surface area (Å²) < 4.78 is 0. The van der Waals surface area contributed by atoms with E-state index in [1.807, 2.05) is 12.1 Å². The molecule has 3 aromatic carbocycles. The predicted octanol–water partition coefficient (Wildman–Crippen LogP) is 4.30. The highest BCUT2D eigenvalue weighted by atomic mass is 16.4. The molecule has 0 unspecified atom stereocenters. The molecular formula is C24H24N2O2. The van der Waals surface area contributed by atoms with Gasteiger partial charge in [-0.05, 0) is 29.3 Å². The molecule has 1 heterocycles. The van der Waals surface area contributed by atoms with Gasteiger partial charge in [0.25, 0.3) is 0 Å². The third-order valence-electron chi connectivity index (χ3n) is 5.37. The Morgan fingerprint density at radius 1 is 0.750 bits per heavy atom. The number of carboxylic acids is 1. The van der Waals surface area contributed by atoms with Crippen LogP contribution in [0, 0.1) is 0 Å². The number of anilines is 1. The van der Waals surface area contributed by atoms with Gasteiger partial charge in [-0.25, -0.2) is 4.79 Å². The van der Waals surface area contributed by atoms with Crippen LogP contribution in [0.25, 0.3) is 0 Å². The van der Waals surface area contributed by atoms with Crippen LogP contribution in [0.5, 0.6) is 0 Å². The summed E-state index contributed by atoms with van der Waals surface area (Å²) in [5, 5.41) is 9.25. The topological polar surface area (TPSA) is 43.8 Å². The van der Waals surface area contributed by atoms with Gasteiger partial charge in [0, 0.05) is 31.9 Å². The van der Waals surface area contributed by atoms with Crippen LogP contribution >= 0.6 is 0 Å². The molecule has 4 rings (SSSR count). The van der Waals surface area contributed by atoms with E-state index in [2.05, 4.69) is 70.5 Å². The summed E-state index contributed by atoms with van der Waals surface area (Å²) in [6.07, 6.45) is 0. The van der Waals surface area contributed by atoms with Crippen LogP contribution in [-0.2, 0) is 0 Å². The van der Waals surface area contributed by atoms with Gasteiger partial charge in [-0.15, -0.1) is 0 Å². The van der Waals surface area contributed by atoms with Crippen molar-refractivity contribution in [1.82, 2.24) is 4.90 Å². The number of nitrogens with zero attached hydrogens (tertiary/aromatic N) is 2. The van der Waals surface area contributed by atoms with Gasteiger partial charge < -0.3 is 10.0 Å². The van der Waals surface area contributed by atoms with Gasteiger partial charge in [0.2, 0.25) is 0 Å². The van der Waals surface area contributed by atoms with Gasteiger partial charge in [-0.3, -0.25) is 4.90 Å². The molecule has 0 aliphatic carbocycles. The molecule has 28 heavy (non-hydrogen) atoms. The second-order valence-electron chi connectivity index (χ2n) is 7.10. The summed E-state index contributed by atoms with van der Waals surface area (Å²) in [6.45, 7) is 3.59. The highest BCUT2D eigenvalue weighted by molar-refractivity contribution is 5.88. The summed E-state index contributed by atoms with van der Waals surface area (Å²) in [7, 11) is 0. The Labute approximate surface area is 165 Å². The Morgan fingerprint density at radius 2 is 1.32 bits per heavy atom. The highest BCUT2D eigenvalue weighted by Gasteiger charge is 2.26. The van der Waals surface area contributed by atoms with Crippen molar-refractivity contribution >= 4 is 11.7 Å². The molecule has 4 nitrogen and oxygen atoms in total. The second-order valence-corrected chi connectivity index (χ2v) is 7.10. The molecule has 4 heteroatoms. The molecule has 0 amide bonds. The standard InChI is InChI=1S/C24H24N2O2/c27-24(28)21-12-7-13-22(18-21)25-14-16-26(17-15-25)23(19-8-3-1-4-9-19)20-10-5-2-6-11-20/h1-13,18,23H,14-17H2,(H,27,28). The van der Waals surface area contributed by atoms with Crippen molar-refractivity contribution < 1.29 is 9.90 Å². The predicted molar refractivity (Wildman–Crippen MR) is 112 cm³/mol. The van der Waals surface area contributed by atoms with Crippen LogP contribution in [0.15, 0.2) is 84.9 Å². The molecule has 1 N–H and O–H groups in total. The van der Waals surface area contributed by atoms with Gasteiger partial charge in [-0.2, -0.15) is 0 Å². The Kier molecular flexibility index (Phi) is 5.40. The van der Waals surface area contributed by atoms with Crippen molar-refractivity contribution in [3.63, 3.8) is 0 Å². The van der Waals surface area contributed by atoms with E-state index in [-0.39, 0.29) is 6.04 Å². The van der Waals surface area contributed by atoms with Crippen molar-refractivity contribution in [2.24, 2.45) is 0 Å². The van der Waals surface area contributed by atoms with E-state index in [1.54, 1.807) is 12.1 Å². The molecule has 0 bridgehead atoms. The zero-order valence-corrected chi connectivity index (χ0v) is 15.7. The minimum absolute atomic E-state index is 0.231. The molecule has 3 aromatic rings. The Bertz CT molecular complexity index is 880.